The van der Waals surface area contributed by atoms with Gasteiger partial charge in [0.05, 0.1) is 0 Å². The van der Waals surface area contributed by atoms with E-state index in [0.29, 0.717) is 17.4 Å². The zero-order valence-corrected chi connectivity index (χ0v) is 19.3. The molecule has 0 radical (unpaired) electrons. The third-order valence-corrected chi connectivity index (χ3v) is 8.01. The van der Waals surface area contributed by atoms with E-state index in [9.17, 15) is 0 Å². The van der Waals surface area contributed by atoms with Crippen molar-refractivity contribution < 1.29 is 4.74 Å². The number of hydrogen-bond acceptors (Lipinski definition) is 2. The molecule has 0 aromatic heterocycles. The molecule has 0 saturated heterocycles. The molecule has 30 heavy (non-hydrogen) atoms. The van der Waals surface area contributed by atoms with E-state index in [0.717, 1.165) is 23.2 Å². The van der Waals surface area contributed by atoms with E-state index in [-0.39, 0.29) is 5.54 Å². The van der Waals surface area contributed by atoms with Crippen molar-refractivity contribution in [2.75, 3.05) is 0 Å². The molecule has 4 saturated carbocycles. The molecule has 0 aliphatic heterocycles. The van der Waals surface area contributed by atoms with Crippen LogP contribution in [-0.4, -0.2) is 5.54 Å². The molecule has 0 amide bonds. The standard InChI is InChI=1S/C27H34ClNO/c1-19-5-4-6-20(9-19)15-30-24-8-7-23(28)10-22(24)14-29-27-13-21-11-25(2,17-27)16-26(3,12-21)18-27/h4-10,21,29H,11-18H2,1-3H3/t21?,25-,26+,27?. The summed E-state index contributed by atoms with van der Waals surface area (Å²) in [6.45, 7) is 8.58. The molecule has 4 bridgehead atoms. The van der Waals surface area contributed by atoms with Gasteiger partial charge in [0, 0.05) is 22.7 Å². The van der Waals surface area contributed by atoms with Gasteiger partial charge in [-0.1, -0.05) is 55.3 Å². The number of rotatable bonds is 6. The number of nitrogens with one attached hydrogen (secondary N) is 1. The molecular weight excluding hydrogens is 390 g/mol. The summed E-state index contributed by atoms with van der Waals surface area (Å²) in [7, 11) is 0. The Bertz CT molecular complexity index is 936. The predicted octanol–water partition coefficient (Wildman–Crippen LogP) is 7.07. The lowest BCUT2D eigenvalue weighted by atomic mass is 9.43. The zero-order chi connectivity index (χ0) is 21.0. The largest absolute Gasteiger partial charge is 0.489 e. The van der Waals surface area contributed by atoms with Gasteiger partial charge in [-0.05, 0) is 86.0 Å². The number of hydrogen-bond donors (Lipinski definition) is 1. The Morgan fingerprint density at radius 1 is 1.00 bits per heavy atom. The van der Waals surface area contributed by atoms with Crippen LogP contribution in [0.3, 0.4) is 0 Å². The molecule has 0 spiro atoms. The Kier molecular flexibility index (Phi) is 4.95. The molecular formula is C27H34ClNO. The maximum Gasteiger partial charge on any atom is 0.124 e. The summed E-state index contributed by atoms with van der Waals surface area (Å²) in [5.74, 6) is 1.83. The van der Waals surface area contributed by atoms with E-state index in [1.807, 2.05) is 12.1 Å². The van der Waals surface area contributed by atoms with Crippen LogP contribution in [-0.2, 0) is 13.2 Å². The van der Waals surface area contributed by atoms with Crippen molar-refractivity contribution in [2.45, 2.75) is 78.0 Å². The molecule has 160 valence electrons. The molecule has 4 atom stereocenters. The maximum atomic E-state index is 6.37. The Hall–Kier alpha value is -1.51. The molecule has 2 aromatic carbocycles. The zero-order valence-electron chi connectivity index (χ0n) is 18.6. The summed E-state index contributed by atoms with van der Waals surface area (Å²) in [6.07, 6.45) is 8.21. The second kappa shape index (κ2) is 7.28. The number of ether oxygens (including phenoxy) is 1. The van der Waals surface area contributed by atoms with Crippen molar-refractivity contribution in [1.29, 1.82) is 0 Å². The minimum atomic E-state index is 0.277. The van der Waals surface area contributed by atoms with Gasteiger partial charge in [0.1, 0.15) is 12.4 Å². The van der Waals surface area contributed by atoms with E-state index in [1.54, 1.807) is 0 Å². The first-order valence-corrected chi connectivity index (χ1v) is 11.8. The van der Waals surface area contributed by atoms with Crippen molar-refractivity contribution in [3.8, 4) is 5.75 Å². The molecule has 2 aromatic rings. The van der Waals surface area contributed by atoms with Gasteiger partial charge in [-0.3, -0.25) is 0 Å². The predicted molar refractivity (Wildman–Crippen MR) is 124 cm³/mol. The van der Waals surface area contributed by atoms with E-state index in [4.69, 9.17) is 16.3 Å². The van der Waals surface area contributed by atoms with Crippen LogP contribution in [0.1, 0.15) is 69.1 Å². The fourth-order valence-electron chi connectivity index (χ4n) is 7.72. The summed E-state index contributed by atoms with van der Waals surface area (Å²) < 4.78 is 6.25. The Balaban J connectivity index is 1.32. The highest BCUT2D eigenvalue weighted by atomic mass is 35.5. The summed E-state index contributed by atoms with van der Waals surface area (Å²) in [5.41, 5.74) is 4.93. The van der Waals surface area contributed by atoms with Gasteiger partial charge < -0.3 is 10.1 Å². The Morgan fingerprint density at radius 3 is 2.47 bits per heavy atom. The average molecular weight is 424 g/mol. The molecule has 2 unspecified atom stereocenters. The van der Waals surface area contributed by atoms with Gasteiger partial charge in [0.25, 0.3) is 0 Å². The van der Waals surface area contributed by atoms with Crippen LogP contribution in [0, 0.1) is 23.7 Å². The first-order valence-electron chi connectivity index (χ1n) is 11.5. The van der Waals surface area contributed by atoms with Crippen molar-refractivity contribution in [3.63, 3.8) is 0 Å². The topological polar surface area (TPSA) is 21.3 Å². The Labute approximate surface area is 186 Å². The van der Waals surface area contributed by atoms with Gasteiger partial charge >= 0.3 is 0 Å². The highest BCUT2D eigenvalue weighted by Gasteiger charge is 2.59. The molecule has 2 nitrogen and oxygen atoms in total. The Morgan fingerprint density at radius 2 is 1.77 bits per heavy atom. The van der Waals surface area contributed by atoms with Crippen LogP contribution in [0.2, 0.25) is 5.02 Å². The van der Waals surface area contributed by atoms with Crippen LogP contribution < -0.4 is 10.1 Å². The molecule has 4 fully saturated rings. The first kappa shape index (κ1) is 20.4. The van der Waals surface area contributed by atoms with Gasteiger partial charge in [-0.15, -0.1) is 0 Å². The first-order chi connectivity index (χ1) is 14.2. The molecule has 3 heteroatoms. The normalized spacial score (nSPS) is 34.3. The lowest BCUT2D eigenvalue weighted by Crippen LogP contribution is -2.63. The molecule has 0 heterocycles. The van der Waals surface area contributed by atoms with Crippen LogP contribution in [0.5, 0.6) is 5.75 Å². The van der Waals surface area contributed by atoms with Crippen molar-refractivity contribution in [2.24, 2.45) is 16.7 Å². The molecule has 4 aliphatic carbocycles. The highest BCUT2D eigenvalue weighted by Crippen LogP contribution is 2.66. The fraction of sp³-hybridized carbons (Fsp3) is 0.556. The second-order valence-electron chi connectivity index (χ2n) is 11.3. The summed E-state index contributed by atoms with van der Waals surface area (Å²) >= 11 is 6.37. The lowest BCUT2D eigenvalue weighted by Gasteiger charge is -2.65. The van der Waals surface area contributed by atoms with Crippen molar-refractivity contribution >= 4 is 11.6 Å². The van der Waals surface area contributed by atoms with Crippen LogP contribution in [0.25, 0.3) is 0 Å². The summed E-state index contributed by atoms with van der Waals surface area (Å²) in [5, 5.41) is 4.81. The number of halogens is 1. The maximum absolute atomic E-state index is 6.37. The van der Waals surface area contributed by atoms with Crippen LogP contribution >= 0.6 is 11.6 Å². The third-order valence-electron chi connectivity index (χ3n) is 7.78. The number of benzene rings is 2. The molecule has 4 aliphatic rings. The van der Waals surface area contributed by atoms with Crippen molar-refractivity contribution in [1.82, 2.24) is 5.32 Å². The van der Waals surface area contributed by atoms with E-state index in [1.165, 1.54) is 55.2 Å². The summed E-state index contributed by atoms with van der Waals surface area (Å²) in [4.78, 5) is 0. The second-order valence-corrected chi connectivity index (χ2v) is 11.7. The van der Waals surface area contributed by atoms with E-state index < -0.39 is 0 Å². The van der Waals surface area contributed by atoms with E-state index >= 15 is 0 Å². The third kappa shape index (κ3) is 4.01. The van der Waals surface area contributed by atoms with Gasteiger partial charge in [-0.2, -0.15) is 0 Å². The summed E-state index contributed by atoms with van der Waals surface area (Å²) in [6, 6.07) is 14.5. The van der Waals surface area contributed by atoms with Gasteiger partial charge in [0.2, 0.25) is 0 Å². The smallest absolute Gasteiger partial charge is 0.124 e. The van der Waals surface area contributed by atoms with Crippen LogP contribution in [0.4, 0.5) is 0 Å². The monoisotopic (exact) mass is 423 g/mol. The van der Waals surface area contributed by atoms with Gasteiger partial charge in [-0.25, -0.2) is 0 Å². The average Bonchev–Trinajstić information content (AvgIpc) is 2.63. The minimum absolute atomic E-state index is 0.277. The quantitative estimate of drug-likeness (QED) is 0.536. The lowest BCUT2D eigenvalue weighted by molar-refractivity contribution is -0.118. The molecule has 1 N–H and O–H groups in total. The van der Waals surface area contributed by atoms with E-state index in [2.05, 4.69) is 56.4 Å². The van der Waals surface area contributed by atoms with Crippen molar-refractivity contribution in [3.05, 3.63) is 64.2 Å². The highest BCUT2D eigenvalue weighted by molar-refractivity contribution is 6.30. The minimum Gasteiger partial charge on any atom is -0.489 e. The van der Waals surface area contributed by atoms with Crippen LogP contribution in [0.15, 0.2) is 42.5 Å². The number of aryl methyl sites for hydroxylation is 1. The SMILES string of the molecule is Cc1cccc(COc2ccc(Cl)cc2CNC23CC4C[C@@](C)(C2)C[C@](C)(C4)C3)c1. The molecule has 6 rings (SSSR count). The fourth-order valence-corrected chi connectivity index (χ4v) is 7.91. The van der Waals surface area contributed by atoms with Gasteiger partial charge in [0.15, 0.2) is 0 Å².